The van der Waals surface area contributed by atoms with E-state index in [2.05, 4.69) is 0 Å². The van der Waals surface area contributed by atoms with E-state index in [9.17, 15) is 9.59 Å². The summed E-state index contributed by atoms with van der Waals surface area (Å²) in [6.45, 7) is 1.55. The van der Waals surface area contributed by atoms with E-state index in [1.807, 2.05) is 18.2 Å². The van der Waals surface area contributed by atoms with Gasteiger partial charge in [-0.1, -0.05) is 60.7 Å². The maximum absolute atomic E-state index is 13.0. The second kappa shape index (κ2) is 9.34. The molecule has 0 aliphatic heterocycles. The molecule has 0 aliphatic rings. The van der Waals surface area contributed by atoms with Crippen LogP contribution in [0.25, 0.3) is 0 Å². The molecule has 0 amide bonds. The Labute approximate surface area is 169 Å². The molecule has 0 heterocycles. The number of rotatable bonds is 7. The van der Waals surface area contributed by atoms with E-state index >= 15 is 0 Å². The lowest BCUT2D eigenvalue weighted by Gasteiger charge is -2.20. The van der Waals surface area contributed by atoms with E-state index in [4.69, 9.17) is 14.7 Å². The first-order chi connectivity index (χ1) is 14.1. The van der Waals surface area contributed by atoms with Gasteiger partial charge >= 0.3 is 5.97 Å². The lowest BCUT2D eigenvalue weighted by Crippen LogP contribution is -2.30. The Morgan fingerprint density at radius 2 is 1.45 bits per heavy atom. The first-order valence-electron chi connectivity index (χ1n) is 9.10. The SMILES string of the molecule is C[C@H](Oc1ccc(C#N)cc1)C(=O)O[C@@H](C(=O)c1ccccc1)c1ccccc1. The molecule has 0 saturated carbocycles. The number of hydrogen-bond donors (Lipinski definition) is 0. The van der Waals surface area contributed by atoms with Crippen LogP contribution >= 0.6 is 0 Å². The monoisotopic (exact) mass is 385 g/mol. The van der Waals surface area contributed by atoms with Crippen molar-refractivity contribution in [2.75, 3.05) is 0 Å². The Hall–Kier alpha value is -3.91. The number of ether oxygens (including phenoxy) is 2. The highest BCUT2D eigenvalue weighted by atomic mass is 16.6. The predicted molar refractivity (Wildman–Crippen MR) is 107 cm³/mol. The minimum atomic E-state index is -1.07. The van der Waals surface area contributed by atoms with Crippen molar-refractivity contribution in [2.24, 2.45) is 0 Å². The van der Waals surface area contributed by atoms with Gasteiger partial charge in [-0.15, -0.1) is 0 Å². The molecule has 0 N–H and O–H groups in total. The molecule has 0 radical (unpaired) electrons. The number of nitrogens with zero attached hydrogens (tertiary/aromatic N) is 1. The van der Waals surface area contributed by atoms with Crippen LogP contribution in [0.4, 0.5) is 0 Å². The summed E-state index contributed by atoms with van der Waals surface area (Å²) in [4.78, 5) is 25.6. The summed E-state index contributed by atoms with van der Waals surface area (Å²) in [6, 6.07) is 26.0. The zero-order chi connectivity index (χ0) is 20.6. The lowest BCUT2D eigenvalue weighted by molar-refractivity contribution is -0.154. The molecule has 2 atom stereocenters. The number of benzene rings is 3. The van der Waals surface area contributed by atoms with Gasteiger partial charge in [-0.2, -0.15) is 5.26 Å². The van der Waals surface area contributed by atoms with Crippen LogP contribution in [0.15, 0.2) is 84.9 Å². The van der Waals surface area contributed by atoms with Gasteiger partial charge in [0.25, 0.3) is 0 Å². The van der Waals surface area contributed by atoms with E-state index in [0.29, 0.717) is 22.4 Å². The summed E-state index contributed by atoms with van der Waals surface area (Å²) in [7, 11) is 0. The maximum atomic E-state index is 13.0. The maximum Gasteiger partial charge on any atom is 0.348 e. The number of nitriles is 1. The number of hydrogen-bond acceptors (Lipinski definition) is 5. The summed E-state index contributed by atoms with van der Waals surface area (Å²) in [5.74, 6) is -0.540. The number of carbonyl (C=O) groups is 2. The number of esters is 1. The number of Topliss-reactive ketones (excluding diaryl/α,β-unsaturated/α-hetero) is 1. The van der Waals surface area contributed by atoms with Gasteiger partial charge in [0.1, 0.15) is 5.75 Å². The average Bonchev–Trinajstić information content (AvgIpc) is 2.78. The Bertz CT molecular complexity index is 1010. The van der Waals surface area contributed by atoms with Crippen molar-refractivity contribution in [3.8, 4) is 11.8 Å². The van der Waals surface area contributed by atoms with Gasteiger partial charge in [-0.3, -0.25) is 4.79 Å². The Morgan fingerprint density at radius 1 is 0.862 bits per heavy atom. The standard InChI is InChI=1S/C24H19NO4/c1-17(28-21-14-12-18(16-25)13-15-21)24(27)29-23(20-10-6-3-7-11-20)22(26)19-8-4-2-5-9-19/h2-15,17,23H,1H3/t17-,23+/m0/s1. The molecular weight excluding hydrogens is 366 g/mol. The highest BCUT2D eigenvalue weighted by Gasteiger charge is 2.29. The van der Waals surface area contributed by atoms with Crippen LogP contribution in [0, 0.1) is 11.3 Å². The molecule has 0 saturated heterocycles. The van der Waals surface area contributed by atoms with Crippen LogP contribution in [0.2, 0.25) is 0 Å². The normalized spacial score (nSPS) is 12.3. The van der Waals surface area contributed by atoms with Crippen molar-refractivity contribution in [1.82, 2.24) is 0 Å². The zero-order valence-electron chi connectivity index (χ0n) is 15.8. The molecule has 5 heteroatoms. The highest BCUT2D eigenvalue weighted by Crippen LogP contribution is 2.24. The molecule has 3 rings (SSSR count). The van der Waals surface area contributed by atoms with Crippen LogP contribution in [0.3, 0.4) is 0 Å². The van der Waals surface area contributed by atoms with Gasteiger partial charge in [0.15, 0.2) is 12.2 Å². The first kappa shape index (κ1) is 19.8. The van der Waals surface area contributed by atoms with Gasteiger partial charge in [-0.25, -0.2) is 4.79 Å². The lowest BCUT2D eigenvalue weighted by atomic mass is 10.00. The van der Waals surface area contributed by atoms with Crippen molar-refractivity contribution in [3.63, 3.8) is 0 Å². The second-order valence-corrected chi connectivity index (χ2v) is 6.35. The third-order valence-corrected chi connectivity index (χ3v) is 4.26. The van der Waals surface area contributed by atoms with E-state index in [1.165, 1.54) is 0 Å². The Morgan fingerprint density at radius 3 is 2.03 bits per heavy atom. The minimum Gasteiger partial charge on any atom is -0.479 e. The van der Waals surface area contributed by atoms with Crippen LogP contribution in [-0.2, 0) is 9.53 Å². The summed E-state index contributed by atoms with van der Waals surface area (Å²) in [5.41, 5.74) is 1.53. The fourth-order valence-corrected chi connectivity index (χ4v) is 2.73. The Balaban J connectivity index is 1.77. The molecule has 0 aromatic heterocycles. The fourth-order valence-electron chi connectivity index (χ4n) is 2.73. The number of carbonyl (C=O) groups excluding carboxylic acids is 2. The van der Waals surface area contributed by atoms with Crippen molar-refractivity contribution in [2.45, 2.75) is 19.1 Å². The third kappa shape index (κ3) is 5.08. The quantitative estimate of drug-likeness (QED) is 0.442. The molecule has 144 valence electrons. The molecule has 3 aromatic rings. The predicted octanol–water partition coefficient (Wildman–Crippen LogP) is 4.49. The third-order valence-electron chi connectivity index (χ3n) is 4.26. The smallest absolute Gasteiger partial charge is 0.348 e. The van der Waals surface area contributed by atoms with Crippen molar-refractivity contribution in [1.29, 1.82) is 5.26 Å². The minimum absolute atomic E-state index is 0.310. The zero-order valence-corrected chi connectivity index (χ0v) is 15.8. The van der Waals surface area contributed by atoms with Gasteiger partial charge in [-0.05, 0) is 31.2 Å². The molecule has 0 unspecified atom stereocenters. The van der Waals surface area contributed by atoms with Crippen molar-refractivity contribution in [3.05, 3.63) is 102 Å². The highest BCUT2D eigenvalue weighted by molar-refractivity contribution is 6.01. The van der Waals surface area contributed by atoms with Gasteiger partial charge in [0, 0.05) is 11.1 Å². The molecule has 0 spiro atoms. The topological polar surface area (TPSA) is 76.4 Å². The average molecular weight is 385 g/mol. The molecule has 0 bridgehead atoms. The van der Waals surface area contributed by atoms with Crippen LogP contribution in [0.5, 0.6) is 5.75 Å². The van der Waals surface area contributed by atoms with Crippen LogP contribution in [0.1, 0.15) is 34.5 Å². The molecule has 29 heavy (non-hydrogen) atoms. The van der Waals surface area contributed by atoms with E-state index in [0.717, 1.165) is 0 Å². The molecule has 5 nitrogen and oxygen atoms in total. The molecule has 3 aromatic carbocycles. The van der Waals surface area contributed by atoms with E-state index in [1.54, 1.807) is 79.7 Å². The van der Waals surface area contributed by atoms with Gasteiger partial charge in [0.2, 0.25) is 5.78 Å². The first-order valence-corrected chi connectivity index (χ1v) is 9.10. The summed E-state index contributed by atoms with van der Waals surface area (Å²) in [6.07, 6.45) is -2.00. The summed E-state index contributed by atoms with van der Waals surface area (Å²) >= 11 is 0. The second-order valence-electron chi connectivity index (χ2n) is 6.35. The van der Waals surface area contributed by atoms with E-state index < -0.39 is 18.2 Å². The van der Waals surface area contributed by atoms with Crippen molar-refractivity contribution >= 4 is 11.8 Å². The van der Waals surface area contributed by atoms with Gasteiger partial charge < -0.3 is 9.47 Å². The van der Waals surface area contributed by atoms with E-state index in [-0.39, 0.29) is 5.78 Å². The summed E-state index contributed by atoms with van der Waals surface area (Å²) < 4.78 is 11.2. The summed E-state index contributed by atoms with van der Waals surface area (Å²) in [5, 5.41) is 8.86. The molecule has 0 aliphatic carbocycles. The van der Waals surface area contributed by atoms with Crippen LogP contribution < -0.4 is 4.74 Å². The Kier molecular flexibility index (Phi) is 6.39. The largest absolute Gasteiger partial charge is 0.479 e. The fraction of sp³-hybridized carbons (Fsp3) is 0.125. The van der Waals surface area contributed by atoms with Crippen molar-refractivity contribution < 1.29 is 19.1 Å². The number of ketones is 1. The van der Waals surface area contributed by atoms with Gasteiger partial charge in [0.05, 0.1) is 11.6 Å². The van der Waals surface area contributed by atoms with Crippen LogP contribution in [-0.4, -0.2) is 17.9 Å². The molecular formula is C24H19NO4. The molecule has 0 fully saturated rings.